The monoisotopic (exact) mass is 338 g/mol. The van der Waals surface area contributed by atoms with E-state index in [9.17, 15) is 9.59 Å². The highest BCUT2D eigenvalue weighted by molar-refractivity contribution is 6.13. The third-order valence-electron chi connectivity index (χ3n) is 3.52. The maximum atomic E-state index is 12.0. The van der Waals surface area contributed by atoms with Gasteiger partial charge in [-0.3, -0.25) is 4.79 Å². The van der Waals surface area contributed by atoms with E-state index in [-0.39, 0.29) is 5.91 Å². The quantitative estimate of drug-likeness (QED) is 0.391. The number of rotatable bonds is 8. The highest BCUT2D eigenvalue weighted by atomic mass is 16.2. The molecular weight excluding hydrogens is 316 g/mol. The van der Waals surface area contributed by atoms with Gasteiger partial charge in [-0.25, -0.2) is 10.2 Å². The fourth-order valence-electron chi connectivity index (χ4n) is 2.28. The number of nitrogens with one attached hydrogen (secondary N) is 2. The Balaban J connectivity index is 1.96. The van der Waals surface area contributed by atoms with E-state index in [1.54, 1.807) is 0 Å². The van der Waals surface area contributed by atoms with E-state index in [1.165, 1.54) is 0 Å². The molecule has 0 aliphatic rings. The summed E-state index contributed by atoms with van der Waals surface area (Å²) in [5.74, 6) is -0.163. The van der Waals surface area contributed by atoms with Crippen LogP contribution in [0.25, 0.3) is 0 Å². The van der Waals surface area contributed by atoms with Crippen LogP contribution in [0.2, 0.25) is 0 Å². The first-order valence-corrected chi connectivity index (χ1v) is 8.17. The lowest BCUT2D eigenvalue weighted by Crippen LogP contribution is -2.30. The van der Waals surface area contributed by atoms with Gasteiger partial charge < -0.3 is 11.1 Å². The smallest absolute Gasteiger partial charge is 0.312 e. The van der Waals surface area contributed by atoms with Crippen LogP contribution < -0.4 is 16.5 Å². The summed E-state index contributed by atoms with van der Waals surface area (Å²) in [7, 11) is 0. The summed E-state index contributed by atoms with van der Waals surface area (Å²) in [4.78, 5) is 22.5. The van der Waals surface area contributed by atoms with Gasteiger partial charge in [0.2, 0.25) is 5.91 Å². The Morgan fingerprint density at radius 2 is 1.44 bits per heavy atom. The minimum atomic E-state index is -0.551. The summed E-state index contributed by atoms with van der Waals surface area (Å²) in [6, 6.07) is 18.9. The summed E-state index contributed by atoms with van der Waals surface area (Å²) in [6.07, 6.45) is 1.67. The third-order valence-corrected chi connectivity index (χ3v) is 3.52. The van der Waals surface area contributed by atoms with Gasteiger partial charge in [0.05, 0.1) is 5.71 Å². The van der Waals surface area contributed by atoms with Crippen molar-refractivity contribution in [2.75, 3.05) is 6.54 Å². The van der Waals surface area contributed by atoms with Gasteiger partial charge in [-0.2, -0.15) is 5.10 Å². The second-order valence-electron chi connectivity index (χ2n) is 5.48. The zero-order valence-corrected chi connectivity index (χ0v) is 13.9. The van der Waals surface area contributed by atoms with Crippen LogP contribution in [0.15, 0.2) is 65.8 Å². The molecule has 4 N–H and O–H groups in total. The molecule has 130 valence electrons. The lowest BCUT2D eigenvalue weighted by molar-refractivity contribution is -0.121. The highest BCUT2D eigenvalue weighted by Crippen LogP contribution is 2.10. The van der Waals surface area contributed by atoms with E-state index < -0.39 is 6.03 Å². The SMILES string of the molecule is NC(=O)NCCCCC(=O)NN=C(c1ccccc1)c1ccccc1. The van der Waals surface area contributed by atoms with Gasteiger partial charge in [-0.05, 0) is 12.8 Å². The van der Waals surface area contributed by atoms with Crippen LogP contribution in [0.1, 0.15) is 30.4 Å². The summed E-state index contributed by atoms with van der Waals surface area (Å²) in [6.45, 7) is 0.463. The van der Waals surface area contributed by atoms with Crippen molar-refractivity contribution in [2.24, 2.45) is 10.8 Å². The first-order chi connectivity index (χ1) is 12.2. The molecular formula is C19H22N4O2. The molecule has 0 saturated heterocycles. The molecule has 2 aromatic rings. The van der Waals surface area contributed by atoms with Crippen LogP contribution in [-0.2, 0) is 4.79 Å². The van der Waals surface area contributed by atoms with E-state index in [0.717, 1.165) is 11.1 Å². The van der Waals surface area contributed by atoms with E-state index in [2.05, 4.69) is 15.8 Å². The molecule has 0 radical (unpaired) electrons. The first kappa shape index (κ1) is 18.2. The number of urea groups is 1. The first-order valence-electron chi connectivity index (χ1n) is 8.17. The van der Waals surface area contributed by atoms with Crippen LogP contribution in [-0.4, -0.2) is 24.2 Å². The zero-order valence-electron chi connectivity index (χ0n) is 13.9. The molecule has 2 aromatic carbocycles. The molecule has 0 bridgehead atoms. The van der Waals surface area contributed by atoms with Crippen LogP contribution in [0.3, 0.4) is 0 Å². The lowest BCUT2D eigenvalue weighted by atomic mass is 10.0. The molecule has 2 rings (SSSR count). The van der Waals surface area contributed by atoms with Gasteiger partial charge in [0, 0.05) is 24.1 Å². The molecule has 0 saturated carbocycles. The van der Waals surface area contributed by atoms with Crippen molar-refractivity contribution < 1.29 is 9.59 Å². The minimum Gasteiger partial charge on any atom is -0.352 e. The number of nitrogens with two attached hydrogens (primary N) is 1. The Morgan fingerprint density at radius 1 is 0.880 bits per heavy atom. The largest absolute Gasteiger partial charge is 0.352 e. The van der Waals surface area contributed by atoms with Gasteiger partial charge >= 0.3 is 6.03 Å². The summed E-state index contributed by atoms with van der Waals surface area (Å²) in [5, 5.41) is 6.81. The van der Waals surface area contributed by atoms with Crippen LogP contribution >= 0.6 is 0 Å². The fraction of sp³-hybridized carbons (Fsp3) is 0.211. The predicted molar refractivity (Wildman–Crippen MR) is 98.1 cm³/mol. The van der Waals surface area contributed by atoms with E-state index in [0.29, 0.717) is 31.5 Å². The Hall–Kier alpha value is -3.15. The molecule has 0 aliphatic carbocycles. The van der Waals surface area contributed by atoms with Gasteiger partial charge in [0.25, 0.3) is 0 Å². The molecule has 0 atom stereocenters. The number of hydrogen-bond acceptors (Lipinski definition) is 3. The number of benzene rings is 2. The van der Waals surface area contributed by atoms with E-state index in [1.807, 2.05) is 60.7 Å². The average molecular weight is 338 g/mol. The Kier molecular flexibility index (Phi) is 7.18. The van der Waals surface area contributed by atoms with Crippen molar-refractivity contribution in [1.29, 1.82) is 0 Å². The van der Waals surface area contributed by atoms with Crippen molar-refractivity contribution in [3.8, 4) is 0 Å². The molecule has 3 amide bonds. The number of carbonyl (C=O) groups excluding carboxylic acids is 2. The van der Waals surface area contributed by atoms with E-state index >= 15 is 0 Å². The molecule has 0 fully saturated rings. The number of carbonyl (C=O) groups is 2. The minimum absolute atomic E-state index is 0.163. The van der Waals surface area contributed by atoms with Crippen molar-refractivity contribution in [1.82, 2.24) is 10.7 Å². The molecule has 6 heteroatoms. The van der Waals surface area contributed by atoms with Gasteiger partial charge in [-0.1, -0.05) is 60.7 Å². The Bertz CT molecular complexity index is 673. The third kappa shape index (κ3) is 6.47. The van der Waals surface area contributed by atoms with Crippen LogP contribution in [0.5, 0.6) is 0 Å². The molecule has 0 aliphatic heterocycles. The second-order valence-corrected chi connectivity index (χ2v) is 5.48. The molecule has 0 unspecified atom stereocenters. The number of hydrazone groups is 1. The average Bonchev–Trinajstić information content (AvgIpc) is 2.63. The maximum absolute atomic E-state index is 12.0. The summed E-state index contributed by atoms with van der Waals surface area (Å²) in [5.41, 5.74) is 10.2. The molecule has 6 nitrogen and oxygen atoms in total. The number of primary amides is 1. The fourth-order valence-corrected chi connectivity index (χ4v) is 2.28. The number of nitrogens with zero attached hydrogens (tertiary/aromatic N) is 1. The van der Waals surface area contributed by atoms with E-state index in [4.69, 9.17) is 5.73 Å². The van der Waals surface area contributed by atoms with Crippen molar-refractivity contribution in [2.45, 2.75) is 19.3 Å². The highest BCUT2D eigenvalue weighted by Gasteiger charge is 2.07. The lowest BCUT2D eigenvalue weighted by Gasteiger charge is -2.08. The van der Waals surface area contributed by atoms with Crippen LogP contribution in [0, 0.1) is 0 Å². The second kappa shape index (κ2) is 9.87. The molecule has 25 heavy (non-hydrogen) atoms. The topological polar surface area (TPSA) is 96.6 Å². The predicted octanol–water partition coefficient (Wildman–Crippen LogP) is 2.39. The Labute approximate surface area is 147 Å². The maximum Gasteiger partial charge on any atom is 0.312 e. The van der Waals surface area contributed by atoms with Crippen molar-refractivity contribution >= 4 is 17.6 Å². The van der Waals surface area contributed by atoms with Crippen LogP contribution in [0.4, 0.5) is 4.79 Å². The summed E-state index contributed by atoms with van der Waals surface area (Å²) < 4.78 is 0. The van der Waals surface area contributed by atoms with Crippen molar-refractivity contribution in [3.05, 3.63) is 71.8 Å². The molecule has 0 aromatic heterocycles. The molecule has 0 heterocycles. The summed E-state index contributed by atoms with van der Waals surface area (Å²) >= 11 is 0. The molecule has 0 spiro atoms. The number of hydrogen-bond donors (Lipinski definition) is 3. The van der Waals surface area contributed by atoms with Crippen molar-refractivity contribution in [3.63, 3.8) is 0 Å². The number of amides is 3. The van der Waals surface area contributed by atoms with Gasteiger partial charge in [0.1, 0.15) is 0 Å². The standard InChI is InChI=1S/C19H22N4O2/c20-19(25)21-14-8-7-13-17(24)22-23-18(15-9-3-1-4-10-15)16-11-5-2-6-12-16/h1-6,9-12H,7-8,13-14H2,(H,22,24)(H3,20,21,25). The number of unbranched alkanes of at least 4 members (excludes halogenated alkanes) is 1. The van der Waals surface area contributed by atoms with Gasteiger partial charge in [0.15, 0.2) is 0 Å². The zero-order chi connectivity index (χ0) is 17.9. The Morgan fingerprint density at radius 3 is 1.96 bits per heavy atom. The van der Waals surface area contributed by atoms with Gasteiger partial charge in [-0.15, -0.1) is 0 Å². The normalized spacial score (nSPS) is 9.92.